The number of rotatable bonds is 5. The third-order valence-electron chi connectivity index (χ3n) is 2.44. The monoisotopic (exact) mass is 209 g/mol. The quantitative estimate of drug-likeness (QED) is 0.717. The van der Waals surface area contributed by atoms with Gasteiger partial charge in [0.15, 0.2) is 0 Å². The molecule has 0 saturated heterocycles. The molecule has 0 radical (unpaired) electrons. The number of nitrogens with two attached hydrogens (primary N) is 1. The maximum Gasteiger partial charge on any atom is 0.00747 e. The summed E-state index contributed by atoms with van der Waals surface area (Å²) in [6.45, 7) is 2.93. The van der Waals surface area contributed by atoms with Crippen LogP contribution in [0.4, 0.5) is 0 Å². The molecule has 0 heterocycles. The molecule has 78 valence electrons. The highest BCUT2D eigenvalue weighted by Gasteiger charge is 2.04. The lowest BCUT2D eigenvalue weighted by atomic mass is 10.00. The van der Waals surface area contributed by atoms with E-state index in [1.165, 1.54) is 24.0 Å². The Balaban J connectivity index is 2.84. The lowest BCUT2D eigenvalue weighted by Gasteiger charge is -2.10. The molecule has 2 heteroatoms. The molecule has 0 aliphatic carbocycles. The maximum absolute atomic E-state index is 5.58. The molecule has 1 aromatic rings. The molecule has 0 fully saturated rings. The van der Waals surface area contributed by atoms with Crippen LogP contribution in [0.1, 0.15) is 30.9 Å². The fraction of sp³-hybridized carbons (Fsp3) is 0.500. The van der Waals surface area contributed by atoms with Crippen molar-refractivity contribution in [3.8, 4) is 0 Å². The molecule has 0 amide bonds. The first-order chi connectivity index (χ1) is 6.79. The van der Waals surface area contributed by atoms with Crippen molar-refractivity contribution in [2.75, 3.05) is 6.54 Å². The number of thiol groups is 1. The highest BCUT2D eigenvalue weighted by molar-refractivity contribution is 7.80. The predicted molar refractivity (Wildman–Crippen MR) is 65.1 cm³/mol. The van der Waals surface area contributed by atoms with Crippen LogP contribution in [0.25, 0.3) is 0 Å². The second-order valence-corrected chi connectivity index (χ2v) is 4.04. The van der Waals surface area contributed by atoms with Crippen LogP contribution in [0.3, 0.4) is 0 Å². The zero-order chi connectivity index (χ0) is 10.4. The molecular weight excluding hydrogens is 190 g/mol. The van der Waals surface area contributed by atoms with E-state index in [-0.39, 0.29) is 0 Å². The van der Waals surface area contributed by atoms with Crippen molar-refractivity contribution < 1.29 is 0 Å². The Kier molecular flexibility index (Phi) is 5.05. The van der Waals surface area contributed by atoms with Gasteiger partial charge in [-0.1, -0.05) is 25.5 Å². The van der Waals surface area contributed by atoms with Crippen molar-refractivity contribution in [1.29, 1.82) is 0 Å². The van der Waals surface area contributed by atoms with E-state index in [4.69, 9.17) is 5.73 Å². The summed E-state index contributed by atoms with van der Waals surface area (Å²) in [5.41, 5.74) is 8.34. The van der Waals surface area contributed by atoms with Crippen molar-refractivity contribution in [3.63, 3.8) is 0 Å². The SMILES string of the molecule is CCCCc1c(S)cccc1CCN. The first-order valence-electron chi connectivity index (χ1n) is 5.29. The molecule has 1 rings (SSSR count). The predicted octanol–water partition coefficient (Wildman–Crippen LogP) is 2.82. The largest absolute Gasteiger partial charge is 0.330 e. The summed E-state index contributed by atoms with van der Waals surface area (Å²) in [6, 6.07) is 6.29. The second-order valence-electron chi connectivity index (χ2n) is 3.56. The summed E-state index contributed by atoms with van der Waals surface area (Å²) in [7, 11) is 0. The normalized spacial score (nSPS) is 10.5. The van der Waals surface area contributed by atoms with E-state index in [1.807, 2.05) is 0 Å². The molecule has 0 aliphatic heterocycles. The molecule has 1 aromatic carbocycles. The smallest absolute Gasteiger partial charge is 0.00747 e. The Hall–Kier alpha value is -0.470. The number of hydrogen-bond donors (Lipinski definition) is 2. The molecule has 0 aliphatic rings. The zero-order valence-corrected chi connectivity index (χ0v) is 9.69. The zero-order valence-electron chi connectivity index (χ0n) is 8.79. The van der Waals surface area contributed by atoms with Gasteiger partial charge in [-0.3, -0.25) is 0 Å². The van der Waals surface area contributed by atoms with E-state index in [0.717, 1.165) is 24.3 Å². The third kappa shape index (κ3) is 3.03. The molecule has 0 spiro atoms. The lowest BCUT2D eigenvalue weighted by molar-refractivity contribution is 0.772. The second kappa shape index (κ2) is 6.10. The van der Waals surface area contributed by atoms with Crippen molar-refractivity contribution in [3.05, 3.63) is 29.3 Å². The Morgan fingerprint density at radius 2 is 2.07 bits per heavy atom. The third-order valence-corrected chi connectivity index (χ3v) is 2.86. The molecule has 0 unspecified atom stereocenters. The Labute approximate surface area is 92.1 Å². The summed E-state index contributed by atoms with van der Waals surface area (Å²) < 4.78 is 0. The van der Waals surface area contributed by atoms with E-state index >= 15 is 0 Å². The van der Waals surface area contributed by atoms with Gasteiger partial charge in [0.1, 0.15) is 0 Å². The van der Waals surface area contributed by atoms with E-state index < -0.39 is 0 Å². The van der Waals surface area contributed by atoms with E-state index in [1.54, 1.807) is 0 Å². The molecule has 1 nitrogen and oxygen atoms in total. The minimum absolute atomic E-state index is 0.719. The molecule has 14 heavy (non-hydrogen) atoms. The van der Waals surface area contributed by atoms with E-state index in [9.17, 15) is 0 Å². The minimum atomic E-state index is 0.719. The van der Waals surface area contributed by atoms with Crippen molar-refractivity contribution in [2.24, 2.45) is 5.73 Å². The van der Waals surface area contributed by atoms with Gasteiger partial charge < -0.3 is 5.73 Å². The van der Waals surface area contributed by atoms with Gasteiger partial charge >= 0.3 is 0 Å². The summed E-state index contributed by atoms with van der Waals surface area (Å²) in [5.74, 6) is 0. The minimum Gasteiger partial charge on any atom is -0.330 e. The Morgan fingerprint density at radius 1 is 1.29 bits per heavy atom. The number of hydrogen-bond acceptors (Lipinski definition) is 2. The first-order valence-corrected chi connectivity index (χ1v) is 5.74. The topological polar surface area (TPSA) is 26.0 Å². The van der Waals surface area contributed by atoms with Gasteiger partial charge in [0.25, 0.3) is 0 Å². The standard InChI is InChI=1S/C12H19NS/c1-2-3-6-11-10(8-9-13)5-4-7-12(11)14/h4-5,7,14H,2-3,6,8-9,13H2,1H3. The summed E-state index contributed by atoms with van der Waals surface area (Å²) in [5, 5.41) is 0. The van der Waals surface area contributed by atoms with Gasteiger partial charge in [-0.05, 0) is 43.0 Å². The van der Waals surface area contributed by atoms with E-state index in [0.29, 0.717) is 0 Å². The van der Waals surface area contributed by atoms with Gasteiger partial charge in [-0.25, -0.2) is 0 Å². The average molecular weight is 209 g/mol. The first kappa shape index (κ1) is 11.6. The molecule has 0 atom stereocenters. The maximum atomic E-state index is 5.58. The molecular formula is C12H19NS. The highest BCUT2D eigenvalue weighted by atomic mass is 32.1. The number of unbranched alkanes of at least 4 members (excludes halogenated alkanes) is 1. The van der Waals surface area contributed by atoms with Gasteiger partial charge in [0.05, 0.1) is 0 Å². The van der Waals surface area contributed by atoms with Crippen LogP contribution < -0.4 is 5.73 Å². The van der Waals surface area contributed by atoms with Crippen molar-refractivity contribution >= 4 is 12.6 Å². The lowest BCUT2D eigenvalue weighted by Crippen LogP contribution is -2.05. The highest BCUT2D eigenvalue weighted by Crippen LogP contribution is 2.20. The van der Waals surface area contributed by atoms with Crippen LogP contribution in [0.2, 0.25) is 0 Å². The molecule has 0 bridgehead atoms. The molecule has 0 aromatic heterocycles. The van der Waals surface area contributed by atoms with Crippen LogP contribution in [-0.2, 0) is 12.8 Å². The van der Waals surface area contributed by atoms with Crippen LogP contribution >= 0.6 is 12.6 Å². The fourth-order valence-electron chi connectivity index (χ4n) is 1.65. The molecule has 2 N–H and O–H groups in total. The van der Waals surface area contributed by atoms with Crippen LogP contribution in [0.15, 0.2) is 23.1 Å². The van der Waals surface area contributed by atoms with Crippen molar-refractivity contribution in [1.82, 2.24) is 0 Å². The van der Waals surface area contributed by atoms with Crippen molar-refractivity contribution in [2.45, 2.75) is 37.5 Å². The average Bonchev–Trinajstić information content (AvgIpc) is 2.18. The summed E-state index contributed by atoms with van der Waals surface area (Å²) in [4.78, 5) is 1.12. The summed E-state index contributed by atoms with van der Waals surface area (Å²) in [6.07, 6.45) is 4.55. The molecule has 0 saturated carbocycles. The van der Waals surface area contributed by atoms with Gasteiger partial charge in [0.2, 0.25) is 0 Å². The Morgan fingerprint density at radius 3 is 2.71 bits per heavy atom. The van der Waals surface area contributed by atoms with Crippen LogP contribution in [0.5, 0.6) is 0 Å². The van der Waals surface area contributed by atoms with Gasteiger partial charge in [0, 0.05) is 4.90 Å². The van der Waals surface area contributed by atoms with Crippen LogP contribution in [-0.4, -0.2) is 6.54 Å². The number of benzene rings is 1. The van der Waals surface area contributed by atoms with Gasteiger partial charge in [-0.2, -0.15) is 0 Å². The van der Waals surface area contributed by atoms with E-state index in [2.05, 4.69) is 37.8 Å². The fourth-order valence-corrected chi connectivity index (χ4v) is 1.99. The van der Waals surface area contributed by atoms with Gasteiger partial charge in [-0.15, -0.1) is 12.6 Å². The summed E-state index contributed by atoms with van der Waals surface area (Å²) >= 11 is 4.49. The van der Waals surface area contributed by atoms with Crippen LogP contribution in [0, 0.1) is 0 Å². The Bertz CT molecular complexity index is 284.